The number of benzene rings is 1. The smallest absolute Gasteiger partial charge is 0.225 e. The van der Waals surface area contributed by atoms with Crippen molar-refractivity contribution >= 4 is 22.6 Å². The lowest BCUT2D eigenvalue weighted by Gasteiger charge is -2.35. The molecule has 214 valence electrons. The molecule has 2 aromatic heterocycles. The lowest BCUT2D eigenvalue weighted by atomic mass is 9.74. The molecule has 2 fully saturated rings. The Bertz CT molecular complexity index is 1390. The minimum absolute atomic E-state index is 0.104. The van der Waals surface area contributed by atoms with E-state index in [1.807, 2.05) is 38.1 Å². The van der Waals surface area contributed by atoms with E-state index in [4.69, 9.17) is 19.9 Å². The van der Waals surface area contributed by atoms with E-state index in [1.165, 1.54) is 0 Å². The zero-order valence-corrected chi connectivity index (χ0v) is 24.3. The number of nitrogens with two attached hydrogens (primary N) is 1. The molecule has 8 nitrogen and oxygen atoms in total. The zero-order valence-electron chi connectivity index (χ0n) is 24.3. The quantitative estimate of drug-likeness (QED) is 0.285. The van der Waals surface area contributed by atoms with E-state index >= 15 is 0 Å². The number of likely N-dealkylation sites (tertiary alicyclic amines) is 1. The number of primary amides is 1. The molecule has 1 amide bonds. The lowest BCUT2D eigenvalue weighted by molar-refractivity contribution is -0.126. The monoisotopic (exact) mass is 546 g/mol. The third kappa shape index (κ3) is 5.14. The average Bonchev–Trinajstić information content (AvgIpc) is 3.33. The minimum Gasteiger partial charge on any atom is -0.496 e. The van der Waals surface area contributed by atoms with Gasteiger partial charge in [-0.2, -0.15) is 0 Å². The van der Waals surface area contributed by atoms with Gasteiger partial charge in [-0.1, -0.05) is 25.8 Å². The van der Waals surface area contributed by atoms with Gasteiger partial charge in [0.25, 0.3) is 0 Å². The van der Waals surface area contributed by atoms with Gasteiger partial charge in [0.2, 0.25) is 5.91 Å². The van der Waals surface area contributed by atoms with Gasteiger partial charge in [-0.05, 0) is 76.7 Å². The molecular formula is C32H42N4O4. The predicted octanol–water partition coefficient (Wildman–Crippen LogP) is 5.81. The highest BCUT2D eigenvalue weighted by Crippen LogP contribution is 2.75. The highest BCUT2D eigenvalue weighted by molar-refractivity contribution is 5.88. The topological polar surface area (TPSA) is 112 Å². The van der Waals surface area contributed by atoms with Gasteiger partial charge in [-0.15, -0.1) is 0 Å². The first-order valence-electron chi connectivity index (χ1n) is 14.6. The van der Waals surface area contributed by atoms with Crippen molar-refractivity contribution in [2.75, 3.05) is 27.2 Å². The average molecular weight is 547 g/mol. The van der Waals surface area contributed by atoms with Crippen molar-refractivity contribution in [2.45, 2.75) is 77.6 Å². The van der Waals surface area contributed by atoms with Gasteiger partial charge in [-0.3, -0.25) is 14.6 Å². The van der Waals surface area contributed by atoms with Gasteiger partial charge >= 0.3 is 0 Å². The fraction of sp³-hybridized carbons (Fsp3) is 0.562. The highest BCUT2D eigenvalue weighted by atomic mass is 16.5. The summed E-state index contributed by atoms with van der Waals surface area (Å²) in [4.78, 5) is 36.8. The molecule has 40 heavy (non-hydrogen) atoms. The molecule has 3 aromatic rings. The summed E-state index contributed by atoms with van der Waals surface area (Å²) in [6.45, 7) is 5.79. The zero-order chi connectivity index (χ0) is 28.5. The van der Waals surface area contributed by atoms with E-state index in [1.54, 1.807) is 13.3 Å². The second-order valence-electron chi connectivity index (χ2n) is 11.9. The number of fused-ring (bicyclic) bond motifs is 1. The molecular weight excluding hydrogens is 504 g/mol. The van der Waals surface area contributed by atoms with Gasteiger partial charge in [0.05, 0.1) is 35.7 Å². The van der Waals surface area contributed by atoms with Gasteiger partial charge in [0.15, 0.2) is 11.7 Å². The minimum atomic E-state index is -0.662. The number of oxazole rings is 1. The first-order valence-corrected chi connectivity index (χ1v) is 14.6. The number of unbranched alkanes of at least 4 members (excludes halogenated alkanes) is 2. The fourth-order valence-corrected chi connectivity index (χ4v) is 6.97. The Kier molecular flexibility index (Phi) is 8.00. The first kappa shape index (κ1) is 28.3. The van der Waals surface area contributed by atoms with Crippen LogP contribution in [0.15, 0.2) is 34.9 Å². The standard InChI is InChI=1S/C32H42N4O4/c1-5-23(37)9-7-6-8-10-25(32(30(33)38)20-31(32)13-15-36(3)16-14-31)29-34-19-28(40-29)24-17-22-12-11-21(2)35-26(22)18-27(24)39-4/h11-12,17-19,25H,5-10,13-16,20H2,1-4H3,(H2,33,38)/t25-,32?/m1/s1. The molecule has 8 heteroatoms. The maximum atomic E-state index is 13.3. The van der Waals surface area contributed by atoms with Gasteiger partial charge < -0.3 is 19.8 Å². The molecule has 2 aliphatic rings. The molecule has 1 spiro atoms. The van der Waals surface area contributed by atoms with Crippen molar-refractivity contribution in [3.8, 4) is 17.1 Å². The lowest BCUT2D eigenvalue weighted by Crippen LogP contribution is -2.41. The second kappa shape index (κ2) is 11.3. The number of carbonyl (C=O) groups excluding carboxylic acids is 2. The van der Waals surface area contributed by atoms with Crippen molar-refractivity contribution in [3.05, 3.63) is 42.0 Å². The number of methoxy groups -OCH3 is 1. The van der Waals surface area contributed by atoms with Crippen molar-refractivity contribution in [1.29, 1.82) is 0 Å². The van der Waals surface area contributed by atoms with Crippen molar-refractivity contribution in [2.24, 2.45) is 16.6 Å². The van der Waals surface area contributed by atoms with E-state index in [2.05, 4.69) is 16.9 Å². The summed E-state index contributed by atoms with van der Waals surface area (Å²) in [6.07, 6.45) is 9.03. The van der Waals surface area contributed by atoms with Crippen LogP contribution < -0.4 is 10.5 Å². The molecule has 1 saturated carbocycles. The van der Waals surface area contributed by atoms with E-state index in [0.717, 1.165) is 80.2 Å². The van der Waals surface area contributed by atoms with Crippen molar-refractivity contribution < 1.29 is 18.7 Å². The Balaban J connectivity index is 1.47. The Morgan fingerprint density at radius 3 is 2.65 bits per heavy atom. The van der Waals surface area contributed by atoms with Gasteiger partial charge in [0, 0.05) is 30.0 Å². The van der Waals surface area contributed by atoms with Gasteiger partial charge in [0.1, 0.15) is 11.5 Å². The number of hydrogen-bond acceptors (Lipinski definition) is 7. The van der Waals surface area contributed by atoms with Crippen LogP contribution in [0.25, 0.3) is 22.2 Å². The molecule has 3 heterocycles. The van der Waals surface area contributed by atoms with Gasteiger partial charge in [-0.25, -0.2) is 4.98 Å². The molecule has 2 N–H and O–H groups in total. The number of amides is 1. The summed E-state index contributed by atoms with van der Waals surface area (Å²) >= 11 is 0. The van der Waals surface area contributed by atoms with Crippen LogP contribution in [0.5, 0.6) is 5.75 Å². The number of carbonyl (C=O) groups is 2. The van der Waals surface area contributed by atoms with Crippen molar-refractivity contribution in [3.63, 3.8) is 0 Å². The number of aryl methyl sites for hydroxylation is 1. The Labute approximate surface area is 236 Å². The maximum absolute atomic E-state index is 13.3. The molecule has 1 saturated heterocycles. The number of nitrogens with zero attached hydrogens (tertiary/aromatic N) is 3. The van der Waals surface area contributed by atoms with Crippen molar-refractivity contribution in [1.82, 2.24) is 14.9 Å². The van der Waals surface area contributed by atoms with Crippen LogP contribution >= 0.6 is 0 Å². The Hall–Kier alpha value is -3.26. The number of ether oxygens (including phenoxy) is 1. The Morgan fingerprint density at radius 2 is 1.95 bits per heavy atom. The van der Waals surface area contributed by atoms with E-state index in [-0.39, 0.29) is 17.2 Å². The normalized spacial score (nSPS) is 21.0. The molecule has 1 aliphatic heterocycles. The molecule has 0 radical (unpaired) electrons. The number of pyridine rings is 1. The fourth-order valence-electron chi connectivity index (χ4n) is 6.97. The summed E-state index contributed by atoms with van der Waals surface area (Å²) in [5.41, 5.74) is 8.07. The highest BCUT2D eigenvalue weighted by Gasteiger charge is 2.74. The van der Waals surface area contributed by atoms with Crippen LogP contribution in [0, 0.1) is 17.8 Å². The third-order valence-electron chi connectivity index (χ3n) is 9.50. The summed E-state index contributed by atoms with van der Waals surface area (Å²) in [6, 6.07) is 7.97. The third-order valence-corrected chi connectivity index (χ3v) is 9.50. The number of aromatic nitrogens is 2. The van der Waals surface area contributed by atoms with Crippen LogP contribution in [-0.2, 0) is 9.59 Å². The molecule has 1 aliphatic carbocycles. The first-order chi connectivity index (χ1) is 19.2. The predicted molar refractivity (Wildman–Crippen MR) is 155 cm³/mol. The molecule has 1 unspecified atom stereocenters. The van der Waals surface area contributed by atoms with E-state index < -0.39 is 5.41 Å². The number of hydrogen-bond donors (Lipinski definition) is 1. The van der Waals surface area contributed by atoms with E-state index in [0.29, 0.717) is 36.0 Å². The number of rotatable bonds is 12. The largest absolute Gasteiger partial charge is 0.496 e. The van der Waals surface area contributed by atoms with Crippen LogP contribution in [0.2, 0.25) is 0 Å². The van der Waals surface area contributed by atoms with Crippen LogP contribution in [0.3, 0.4) is 0 Å². The molecule has 5 rings (SSSR count). The number of Topliss-reactive ketones (excluding diaryl/α,β-unsaturated/α-hetero) is 1. The van der Waals surface area contributed by atoms with Crippen LogP contribution in [0.1, 0.15) is 82.2 Å². The summed E-state index contributed by atoms with van der Waals surface area (Å²) in [5, 5.41) is 0.985. The number of ketones is 1. The molecule has 2 atom stereocenters. The summed E-state index contributed by atoms with van der Waals surface area (Å²) in [7, 11) is 3.77. The summed E-state index contributed by atoms with van der Waals surface area (Å²) in [5.74, 6) is 1.68. The Morgan fingerprint density at radius 1 is 1.18 bits per heavy atom. The second-order valence-corrected chi connectivity index (χ2v) is 11.9. The van der Waals surface area contributed by atoms with Crippen LogP contribution in [-0.4, -0.2) is 53.8 Å². The SMILES string of the molecule is CCC(=O)CCCCC[C@H](c1ncc(-c2cc3ccc(C)nc3cc2OC)o1)C1(C(N)=O)CC12CCN(C)CC2. The summed E-state index contributed by atoms with van der Waals surface area (Å²) < 4.78 is 12.2. The molecule has 1 aromatic carbocycles. The molecule has 0 bridgehead atoms. The number of piperidine rings is 1. The van der Waals surface area contributed by atoms with E-state index in [9.17, 15) is 9.59 Å². The maximum Gasteiger partial charge on any atom is 0.225 e. The van der Waals surface area contributed by atoms with Crippen LogP contribution in [0.4, 0.5) is 0 Å².